The smallest absolute Gasteiger partial charge is 0.220 e. The Labute approximate surface area is 190 Å². The number of halogens is 1. The molecule has 0 radical (unpaired) electrons. The molecule has 0 bridgehead atoms. The molecule has 1 amide bonds. The third-order valence-electron chi connectivity index (χ3n) is 5.98. The van der Waals surface area contributed by atoms with Crippen molar-refractivity contribution in [1.29, 1.82) is 0 Å². The van der Waals surface area contributed by atoms with Crippen LogP contribution in [0.3, 0.4) is 0 Å². The summed E-state index contributed by atoms with van der Waals surface area (Å²) in [5.74, 6) is 0.442. The van der Waals surface area contributed by atoms with Crippen molar-refractivity contribution in [3.8, 4) is 5.75 Å². The molecule has 1 atom stereocenters. The molecule has 1 aliphatic rings. The Morgan fingerprint density at radius 3 is 2.47 bits per heavy atom. The first-order chi connectivity index (χ1) is 15.4. The second-order valence-corrected chi connectivity index (χ2v) is 8.57. The largest absolute Gasteiger partial charge is 0.497 e. The standard InChI is InChI=1S/C26H33FN2O3/c1-19-8-9-20(17-24(19)27)16-22(18-29-14-3-4-15-29)28-26(31)7-5-6-25(30)21-10-12-23(32-2)13-11-21/h8-13,17,22H,3-7,14-16,18H2,1-2H3,(H,28,31)/t22-/m0/s1. The highest BCUT2D eigenvalue weighted by molar-refractivity contribution is 5.96. The lowest BCUT2D eigenvalue weighted by atomic mass is 10.0. The molecule has 5 nitrogen and oxygen atoms in total. The third-order valence-corrected chi connectivity index (χ3v) is 5.98. The number of benzene rings is 2. The number of ether oxygens (including phenoxy) is 1. The van der Waals surface area contributed by atoms with E-state index >= 15 is 0 Å². The van der Waals surface area contributed by atoms with Crippen molar-refractivity contribution in [3.05, 3.63) is 65.0 Å². The predicted molar refractivity (Wildman–Crippen MR) is 124 cm³/mol. The van der Waals surface area contributed by atoms with Crippen LogP contribution in [0.25, 0.3) is 0 Å². The lowest BCUT2D eigenvalue weighted by Crippen LogP contribution is -2.44. The molecule has 6 heteroatoms. The first-order valence-electron chi connectivity index (χ1n) is 11.4. The van der Waals surface area contributed by atoms with Gasteiger partial charge in [0.1, 0.15) is 11.6 Å². The minimum Gasteiger partial charge on any atom is -0.497 e. The number of methoxy groups -OCH3 is 1. The Balaban J connectivity index is 1.51. The van der Waals surface area contributed by atoms with Gasteiger partial charge in [-0.15, -0.1) is 0 Å². The number of ketones is 1. The van der Waals surface area contributed by atoms with Crippen LogP contribution in [-0.2, 0) is 11.2 Å². The quantitative estimate of drug-likeness (QED) is 0.529. The van der Waals surface area contributed by atoms with E-state index in [9.17, 15) is 14.0 Å². The summed E-state index contributed by atoms with van der Waals surface area (Å²) in [7, 11) is 1.59. The van der Waals surface area contributed by atoms with Crippen molar-refractivity contribution in [3.63, 3.8) is 0 Å². The lowest BCUT2D eigenvalue weighted by Gasteiger charge is -2.25. The second kappa shape index (κ2) is 11.8. The molecule has 1 aliphatic heterocycles. The van der Waals surface area contributed by atoms with Crippen LogP contribution in [0.15, 0.2) is 42.5 Å². The van der Waals surface area contributed by atoms with E-state index in [-0.39, 0.29) is 23.5 Å². The molecule has 172 valence electrons. The van der Waals surface area contributed by atoms with Crippen molar-refractivity contribution in [2.24, 2.45) is 0 Å². The van der Waals surface area contributed by atoms with Gasteiger partial charge in [0, 0.05) is 31.0 Å². The van der Waals surface area contributed by atoms with E-state index in [1.54, 1.807) is 50.4 Å². The molecule has 1 fully saturated rings. The van der Waals surface area contributed by atoms with Gasteiger partial charge in [0.05, 0.1) is 7.11 Å². The van der Waals surface area contributed by atoms with Crippen molar-refractivity contribution < 1.29 is 18.7 Å². The maximum absolute atomic E-state index is 14.0. The van der Waals surface area contributed by atoms with Gasteiger partial charge in [0.25, 0.3) is 0 Å². The molecule has 1 saturated heterocycles. The molecular formula is C26H33FN2O3. The molecule has 3 rings (SSSR count). The minimum atomic E-state index is -0.217. The highest BCUT2D eigenvalue weighted by atomic mass is 19.1. The zero-order valence-electron chi connectivity index (χ0n) is 19.0. The molecule has 0 aliphatic carbocycles. The first-order valence-corrected chi connectivity index (χ1v) is 11.4. The number of nitrogens with zero attached hydrogens (tertiary/aromatic N) is 1. The summed E-state index contributed by atoms with van der Waals surface area (Å²) in [6, 6.07) is 12.2. The van der Waals surface area contributed by atoms with E-state index in [0.29, 0.717) is 42.6 Å². The predicted octanol–water partition coefficient (Wildman–Crippen LogP) is 4.32. The summed E-state index contributed by atoms with van der Waals surface area (Å²) in [5, 5.41) is 3.12. The van der Waals surface area contributed by atoms with Crippen molar-refractivity contribution >= 4 is 11.7 Å². The number of carbonyl (C=O) groups excluding carboxylic acids is 2. The summed E-state index contributed by atoms with van der Waals surface area (Å²) in [6.45, 7) is 4.57. The van der Waals surface area contributed by atoms with E-state index in [1.165, 1.54) is 12.8 Å². The third kappa shape index (κ3) is 7.16. The number of rotatable bonds is 11. The fourth-order valence-corrected chi connectivity index (χ4v) is 4.12. The van der Waals surface area contributed by atoms with Gasteiger partial charge in [-0.3, -0.25) is 9.59 Å². The molecule has 2 aromatic carbocycles. The Hall–Kier alpha value is -2.73. The zero-order chi connectivity index (χ0) is 22.9. The first kappa shape index (κ1) is 23.9. The van der Waals surface area contributed by atoms with Crippen LogP contribution in [0.4, 0.5) is 4.39 Å². The number of amides is 1. The van der Waals surface area contributed by atoms with Crippen molar-refractivity contribution in [2.45, 2.75) is 51.5 Å². The lowest BCUT2D eigenvalue weighted by molar-refractivity contribution is -0.122. The van der Waals surface area contributed by atoms with E-state index in [2.05, 4.69) is 10.2 Å². The van der Waals surface area contributed by atoms with Crippen molar-refractivity contribution in [1.82, 2.24) is 10.2 Å². The van der Waals surface area contributed by atoms with Gasteiger partial charge in [0.2, 0.25) is 5.91 Å². The summed E-state index contributed by atoms with van der Waals surface area (Å²) in [5.41, 5.74) is 2.13. The average Bonchev–Trinajstić information content (AvgIpc) is 3.29. The number of carbonyl (C=O) groups is 2. The fourth-order valence-electron chi connectivity index (χ4n) is 4.12. The molecule has 2 aromatic rings. The van der Waals surface area contributed by atoms with Crippen molar-refractivity contribution in [2.75, 3.05) is 26.7 Å². The van der Waals surface area contributed by atoms with Gasteiger partial charge in [-0.05, 0) is 87.2 Å². The Morgan fingerprint density at radius 1 is 1.09 bits per heavy atom. The van der Waals surface area contributed by atoms with Gasteiger partial charge in [-0.2, -0.15) is 0 Å². The number of Topliss-reactive ketones (excluding diaryl/α,β-unsaturated/α-hetero) is 1. The zero-order valence-corrected chi connectivity index (χ0v) is 19.0. The molecule has 0 aromatic heterocycles. The summed E-state index contributed by atoms with van der Waals surface area (Å²) >= 11 is 0. The van der Waals surface area contributed by atoms with E-state index < -0.39 is 0 Å². The molecular weight excluding hydrogens is 407 g/mol. The summed E-state index contributed by atoms with van der Waals surface area (Å²) < 4.78 is 19.1. The van der Waals surface area contributed by atoms with Crippen LogP contribution in [0.5, 0.6) is 5.75 Å². The van der Waals surface area contributed by atoms with Crippen LogP contribution in [0.2, 0.25) is 0 Å². The highest BCUT2D eigenvalue weighted by Gasteiger charge is 2.20. The monoisotopic (exact) mass is 440 g/mol. The summed E-state index contributed by atoms with van der Waals surface area (Å²) in [4.78, 5) is 27.3. The number of aryl methyl sites for hydroxylation is 1. The number of hydrogen-bond acceptors (Lipinski definition) is 4. The molecule has 32 heavy (non-hydrogen) atoms. The van der Waals surface area contributed by atoms with E-state index in [1.807, 2.05) is 6.07 Å². The van der Waals surface area contributed by atoms with Crippen LogP contribution in [0, 0.1) is 12.7 Å². The fraction of sp³-hybridized carbons (Fsp3) is 0.462. The minimum absolute atomic E-state index is 0.0178. The molecule has 0 spiro atoms. The molecule has 1 heterocycles. The normalized spacial score (nSPS) is 14.8. The Kier molecular flexibility index (Phi) is 8.80. The van der Waals surface area contributed by atoms with Crippen LogP contribution in [0.1, 0.15) is 53.6 Å². The molecule has 0 unspecified atom stereocenters. The van der Waals surface area contributed by atoms with Gasteiger partial charge in [-0.25, -0.2) is 4.39 Å². The SMILES string of the molecule is COc1ccc(C(=O)CCCC(=O)N[C@@H](Cc2ccc(C)c(F)c2)CN2CCCC2)cc1. The number of likely N-dealkylation sites (tertiary alicyclic amines) is 1. The van der Waals surface area contributed by atoms with Gasteiger partial charge < -0.3 is 15.0 Å². The number of hydrogen-bond donors (Lipinski definition) is 1. The Morgan fingerprint density at radius 2 is 1.81 bits per heavy atom. The van der Waals surface area contributed by atoms with E-state index in [4.69, 9.17) is 4.74 Å². The Bertz CT molecular complexity index is 908. The maximum atomic E-state index is 14.0. The van der Waals surface area contributed by atoms with Crippen LogP contribution >= 0.6 is 0 Å². The van der Waals surface area contributed by atoms with Gasteiger partial charge in [0.15, 0.2) is 5.78 Å². The second-order valence-electron chi connectivity index (χ2n) is 8.57. The van der Waals surface area contributed by atoms with Crippen LogP contribution < -0.4 is 10.1 Å². The molecule has 1 N–H and O–H groups in total. The van der Waals surface area contributed by atoms with Crippen LogP contribution in [-0.4, -0.2) is 49.4 Å². The van der Waals surface area contributed by atoms with E-state index in [0.717, 1.165) is 25.2 Å². The van der Waals surface area contributed by atoms with Gasteiger partial charge in [-0.1, -0.05) is 12.1 Å². The van der Waals surface area contributed by atoms with Gasteiger partial charge >= 0.3 is 0 Å². The maximum Gasteiger partial charge on any atom is 0.220 e. The summed E-state index contributed by atoms with van der Waals surface area (Å²) in [6.07, 6.45) is 4.04. The average molecular weight is 441 g/mol. The topological polar surface area (TPSA) is 58.6 Å². The highest BCUT2D eigenvalue weighted by Crippen LogP contribution is 2.16. The molecule has 0 saturated carbocycles. The number of nitrogens with one attached hydrogen (secondary N) is 1.